The zero-order valence-electron chi connectivity index (χ0n) is 11.9. The number of aromatic nitrogens is 1. The molecule has 0 radical (unpaired) electrons. The minimum absolute atomic E-state index is 0.768. The Morgan fingerprint density at radius 1 is 1.21 bits per heavy atom. The molecule has 0 atom stereocenters. The van der Waals surface area contributed by atoms with Gasteiger partial charge < -0.3 is 10.2 Å². The second-order valence-electron chi connectivity index (χ2n) is 6.21. The fourth-order valence-electron chi connectivity index (χ4n) is 2.97. The zero-order chi connectivity index (χ0) is 13.1. The first kappa shape index (κ1) is 12.9. The quantitative estimate of drug-likeness (QED) is 0.851. The van der Waals surface area contributed by atoms with Crippen molar-refractivity contribution in [2.75, 3.05) is 18.5 Å². The molecule has 3 rings (SSSR count). The van der Waals surface area contributed by atoms with E-state index in [-0.39, 0.29) is 0 Å². The van der Waals surface area contributed by atoms with Crippen LogP contribution < -0.4 is 10.2 Å². The van der Waals surface area contributed by atoms with Crippen molar-refractivity contribution in [3.63, 3.8) is 0 Å². The van der Waals surface area contributed by atoms with Gasteiger partial charge in [-0.3, -0.25) is 0 Å². The molecule has 0 spiro atoms. The van der Waals surface area contributed by atoms with E-state index < -0.39 is 0 Å². The molecule has 0 unspecified atom stereocenters. The molecule has 0 bridgehead atoms. The van der Waals surface area contributed by atoms with E-state index in [1.807, 2.05) is 6.20 Å². The van der Waals surface area contributed by atoms with Crippen molar-refractivity contribution in [2.24, 2.45) is 5.92 Å². The molecular weight excluding hydrogens is 234 g/mol. The SMILES string of the molecule is CN(CC1CCCC1)c1ccc(CNC2CC2)cn1. The van der Waals surface area contributed by atoms with Gasteiger partial charge in [-0.2, -0.15) is 0 Å². The average molecular weight is 259 g/mol. The molecule has 0 aliphatic heterocycles. The van der Waals surface area contributed by atoms with Gasteiger partial charge in [0, 0.05) is 32.4 Å². The van der Waals surface area contributed by atoms with Gasteiger partial charge in [0.05, 0.1) is 0 Å². The molecular formula is C16H25N3. The van der Waals surface area contributed by atoms with Crippen molar-refractivity contribution in [1.82, 2.24) is 10.3 Å². The lowest BCUT2D eigenvalue weighted by molar-refractivity contribution is 0.545. The first-order chi connectivity index (χ1) is 9.31. The monoisotopic (exact) mass is 259 g/mol. The van der Waals surface area contributed by atoms with Crippen molar-refractivity contribution in [2.45, 2.75) is 51.1 Å². The summed E-state index contributed by atoms with van der Waals surface area (Å²) in [5, 5.41) is 3.53. The predicted molar refractivity (Wildman–Crippen MR) is 79.3 cm³/mol. The molecule has 19 heavy (non-hydrogen) atoms. The lowest BCUT2D eigenvalue weighted by atomic mass is 10.1. The summed E-state index contributed by atoms with van der Waals surface area (Å²) in [6.07, 6.45) is 10.3. The topological polar surface area (TPSA) is 28.2 Å². The van der Waals surface area contributed by atoms with Crippen LogP contribution in [0.25, 0.3) is 0 Å². The summed E-state index contributed by atoms with van der Waals surface area (Å²) in [4.78, 5) is 6.92. The van der Waals surface area contributed by atoms with Crippen LogP contribution >= 0.6 is 0 Å². The van der Waals surface area contributed by atoms with E-state index in [0.29, 0.717) is 0 Å². The maximum Gasteiger partial charge on any atom is 0.128 e. The van der Waals surface area contributed by atoms with Crippen LogP contribution in [0.1, 0.15) is 44.1 Å². The molecule has 3 nitrogen and oxygen atoms in total. The first-order valence-corrected chi connectivity index (χ1v) is 7.71. The van der Waals surface area contributed by atoms with E-state index in [1.54, 1.807) is 0 Å². The number of nitrogens with zero attached hydrogens (tertiary/aromatic N) is 2. The highest BCUT2D eigenvalue weighted by atomic mass is 15.2. The summed E-state index contributed by atoms with van der Waals surface area (Å²) in [7, 11) is 2.17. The molecule has 1 aromatic rings. The number of hydrogen-bond donors (Lipinski definition) is 1. The number of rotatable bonds is 6. The van der Waals surface area contributed by atoms with Crippen LogP contribution in [0.2, 0.25) is 0 Å². The maximum atomic E-state index is 4.60. The summed E-state index contributed by atoms with van der Waals surface area (Å²) >= 11 is 0. The van der Waals surface area contributed by atoms with E-state index in [9.17, 15) is 0 Å². The largest absolute Gasteiger partial charge is 0.359 e. The second-order valence-corrected chi connectivity index (χ2v) is 6.21. The summed E-state index contributed by atoms with van der Waals surface area (Å²) in [6.45, 7) is 2.12. The molecule has 1 aromatic heterocycles. The second kappa shape index (κ2) is 5.91. The number of pyridine rings is 1. The third-order valence-electron chi connectivity index (χ3n) is 4.38. The molecule has 0 amide bonds. The number of anilines is 1. The Balaban J connectivity index is 1.51. The molecule has 0 saturated heterocycles. The molecule has 2 aliphatic rings. The van der Waals surface area contributed by atoms with Crippen molar-refractivity contribution in [3.05, 3.63) is 23.9 Å². The zero-order valence-corrected chi connectivity index (χ0v) is 11.9. The molecule has 1 N–H and O–H groups in total. The Bertz CT molecular complexity index is 391. The Kier molecular flexibility index (Phi) is 4.02. The molecule has 2 aliphatic carbocycles. The van der Waals surface area contributed by atoms with Crippen molar-refractivity contribution in [3.8, 4) is 0 Å². The lowest BCUT2D eigenvalue weighted by Crippen LogP contribution is -2.25. The Hall–Kier alpha value is -1.09. The van der Waals surface area contributed by atoms with E-state index in [4.69, 9.17) is 0 Å². The molecule has 1 heterocycles. The normalized spacial score (nSPS) is 19.8. The highest BCUT2D eigenvalue weighted by Gasteiger charge is 2.20. The van der Waals surface area contributed by atoms with E-state index >= 15 is 0 Å². The Labute approximate surface area is 116 Å². The van der Waals surface area contributed by atoms with Gasteiger partial charge in [0.2, 0.25) is 0 Å². The Morgan fingerprint density at radius 2 is 2.00 bits per heavy atom. The van der Waals surface area contributed by atoms with Gasteiger partial charge in [-0.1, -0.05) is 18.9 Å². The minimum atomic E-state index is 0.768. The summed E-state index contributed by atoms with van der Waals surface area (Å²) in [6, 6.07) is 5.14. The fourth-order valence-corrected chi connectivity index (χ4v) is 2.97. The average Bonchev–Trinajstić information content (AvgIpc) is 3.13. The standard InChI is InChI=1S/C16H25N3/c1-19(12-13-4-2-3-5-13)16-9-6-14(11-18-16)10-17-15-7-8-15/h6,9,11,13,15,17H,2-5,7-8,10,12H2,1H3. The summed E-state index contributed by atoms with van der Waals surface area (Å²) in [5.41, 5.74) is 1.30. The summed E-state index contributed by atoms with van der Waals surface area (Å²) < 4.78 is 0. The first-order valence-electron chi connectivity index (χ1n) is 7.71. The number of hydrogen-bond acceptors (Lipinski definition) is 3. The molecule has 2 saturated carbocycles. The molecule has 104 valence electrons. The van der Waals surface area contributed by atoms with Gasteiger partial charge in [-0.05, 0) is 43.2 Å². The molecule has 3 heteroatoms. The lowest BCUT2D eigenvalue weighted by Gasteiger charge is -2.22. The smallest absolute Gasteiger partial charge is 0.128 e. The van der Waals surface area contributed by atoms with Gasteiger partial charge in [-0.15, -0.1) is 0 Å². The molecule has 2 fully saturated rings. The van der Waals surface area contributed by atoms with Crippen LogP contribution in [0.5, 0.6) is 0 Å². The van der Waals surface area contributed by atoms with Gasteiger partial charge in [0.25, 0.3) is 0 Å². The van der Waals surface area contributed by atoms with Gasteiger partial charge >= 0.3 is 0 Å². The van der Waals surface area contributed by atoms with Gasteiger partial charge in [0.15, 0.2) is 0 Å². The van der Waals surface area contributed by atoms with E-state index in [0.717, 1.165) is 30.9 Å². The van der Waals surface area contributed by atoms with E-state index in [2.05, 4.69) is 34.4 Å². The van der Waals surface area contributed by atoms with Crippen LogP contribution in [-0.4, -0.2) is 24.6 Å². The van der Waals surface area contributed by atoms with E-state index in [1.165, 1.54) is 44.1 Å². The van der Waals surface area contributed by atoms with Crippen LogP contribution in [0.4, 0.5) is 5.82 Å². The van der Waals surface area contributed by atoms with Crippen molar-refractivity contribution >= 4 is 5.82 Å². The van der Waals surface area contributed by atoms with Gasteiger partial charge in [0.1, 0.15) is 5.82 Å². The highest BCUT2D eigenvalue weighted by Crippen LogP contribution is 2.26. The van der Waals surface area contributed by atoms with Crippen LogP contribution in [-0.2, 0) is 6.54 Å². The highest BCUT2D eigenvalue weighted by molar-refractivity contribution is 5.38. The Morgan fingerprint density at radius 3 is 2.63 bits per heavy atom. The third kappa shape index (κ3) is 3.69. The van der Waals surface area contributed by atoms with Crippen LogP contribution in [0.3, 0.4) is 0 Å². The van der Waals surface area contributed by atoms with Crippen molar-refractivity contribution < 1.29 is 0 Å². The maximum absolute atomic E-state index is 4.60. The van der Waals surface area contributed by atoms with Crippen LogP contribution in [0, 0.1) is 5.92 Å². The molecule has 0 aromatic carbocycles. The van der Waals surface area contributed by atoms with Crippen molar-refractivity contribution in [1.29, 1.82) is 0 Å². The summed E-state index contributed by atoms with van der Waals surface area (Å²) in [5.74, 6) is 1.99. The third-order valence-corrected chi connectivity index (χ3v) is 4.38. The predicted octanol–water partition coefficient (Wildman–Crippen LogP) is 2.96. The van der Waals surface area contributed by atoms with Crippen LogP contribution in [0.15, 0.2) is 18.3 Å². The van der Waals surface area contributed by atoms with Gasteiger partial charge in [-0.25, -0.2) is 4.98 Å². The minimum Gasteiger partial charge on any atom is -0.359 e. The fraction of sp³-hybridized carbons (Fsp3) is 0.688. The number of nitrogens with one attached hydrogen (secondary N) is 1.